The van der Waals surface area contributed by atoms with Gasteiger partial charge in [-0.1, -0.05) is 12.1 Å². The molecule has 0 aliphatic rings. The molecule has 0 bridgehead atoms. The quantitative estimate of drug-likeness (QED) is 0.326. The summed E-state index contributed by atoms with van der Waals surface area (Å²) in [6, 6.07) is 9.50. The summed E-state index contributed by atoms with van der Waals surface area (Å²) in [7, 11) is -1.23. The molecule has 14 heteroatoms. The van der Waals surface area contributed by atoms with Crippen LogP contribution in [0.1, 0.15) is 18.1 Å². The summed E-state index contributed by atoms with van der Waals surface area (Å²) in [5.41, 5.74) is 2.85. The Kier molecular flexibility index (Phi) is 10.4. The van der Waals surface area contributed by atoms with Crippen molar-refractivity contribution in [2.45, 2.75) is 36.6 Å². The Labute approximate surface area is 230 Å². The highest BCUT2D eigenvalue weighted by Crippen LogP contribution is 2.23. The number of hydrogen-bond acceptors (Lipinski definition) is 6. The number of nitrogens with zero attached hydrogens (tertiary/aromatic N) is 2. The van der Waals surface area contributed by atoms with Gasteiger partial charge < -0.3 is 21.3 Å². The maximum atomic E-state index is 12.4. The molecule has 2 aromatic carbocycles. The molecule has 4 N–H and O–H groups in total. The normalized spacial score (nSPS) is 12.8. The third-order valence-corrected chi connectivity index (χ3v) is 9.51. The van der Waals surface area contributed by atoms with Gasteiger partial charge >= 0.3 is 0 Å². The second-order valence-corrected chi connectivity index (χ2v) is 14.0. The molecule has 204 valence electrons. The molecule has 2 rings (SSSR count). The molecule has 37 heavy (non-hydrogen) atoms. The molecule has 0 aromatic heterocycles. The number of aryl methyl sites for hydroxylation is 2. The summed E-state index contributed by atoms with van der Waals surface area (Å²) in [6.45, 7) is 6.02. The zero-order chi connectivity index (χ0) is 28.1. The minimum atomic E-state index is -3.57. The van der Waals surface area contributed by atoms with Crippen LogP contribution in [0.5, 0.6) is 0 Å². The Bertz CT molecular complexity index is 1380. The van der Waals surface area contributed by atoms with Crippen molar-refractivity contribution >= 4 is 66.1 Å². The number of benzene rings is 2. The Balaban J connectivity index is 1.97. The number of thiocarbonyl (C=S) groups is 2. The maximum Gasteiger partial charge on any atom is 0.242 e. The largest absolute Gasteiger partial charge is 0.360 e. The minimum Gasteiger partial charge on any atom is -0.360 e. The third kappa shape index (κ3) is 8.06. The third-order valence-electron chi connectivity index (χ3n) is 5.42. The molecule has 0 spiro atoms. The van der Waals surface area contributed by atoms with Gasteiger partial charge in [0, 0.05) is 52.2 Å². The van der Waals surface area contributed by atoms with E-state index in [1.807, 2.05) is 20.8 Å². The van der Waals surface area contributed by atoms with E-state index in [1.165, 1.54) is 28.2 Å². The number of sulfonamides is 2. The van der Waals surface area contributed by atoms with Crippen molar-refractivity contribution < 1.29 is 16.8 Å². The lowest BCUT2D eigenvalue weighted by Crippen LogP contribution is -2.44. The number of hydrogen-bond donors (Lipinski definition) is 4. The van der Waals surface area contributed by atoms with Gasteiger partial charge in [0.05, 0.1) is 9.79 Å². The van der Waals surface area contributed by atoms with Crippen LogP contribution in [0.15, 0.2) is 46.2 Å². The predicted molar refractivity (Wildman–Crippen MR) is 157 cm³/mol. The van der Waals surface area contributed by atoms with Crippen LogP contribution in [0.2, 0.25) is 0 Å². The molecule has 0 saturated carbocycles. The van der Waals surface area contributed by atoms with Crippen LogP contribution in [0.25, 0.3) is 0 Å². The number of rotatable bonds is 9. The van der Waals surface area contributed by atoms with E-state index in [4.69, 9.17) is 24.4 Å². The molecule has 0 aliphatic carbocycles. The van der Waals surface area contributed by atoms with Gasteiger partial charge in [-0.2, -0.15) is 0 Å². The fourth-order valence-electron chi connectivity index (χ4n) is 3.06. The molecule has 1 unspecified atom stereocenters. The molecule has 2 aromatic rings. The summed E-state index contributed by atoms with van der Waals surface area (Å²) < 4.78 is 52.1. The lowest BCUT2D eigenvalue weighted by atomic mass is 10.2. The van der Waals surface area contributed by atoms with Crippen LogP contribution >= 0.6 is 24.4 Å². The second-order valence-electron chi connectivity index (χ2n) is 8.86. The highest BCUT2D eigenvalue weighted by Gasteiger charge is 2.20. The summed E-state index contributed by atoms with van der Waals surface area (Å²) >= 11 is 10.8. The first-order chi connectivity index (χ1) is 17.0. The van der Waals surface area contributed by atoms with E-state index in [0.717, 1.165) is 19.7 Å². The lowest BCUT2D eigenvalue weighted by Gasteiger charge is -2.20. The number of nitrogens with one attached hydrogen (secondary N) is 4. The summed E-state index contributed by atoms with van der Waals surface area (Å²) in [6.07, 6.45) is 0. The fraction of sp³-hybridized carbons (Fsp3) is 0.391. The van der Waals surface area contributed by atoms with Crippen molar-refractivity contribution in [2.24, 2.45) is 0 Å². The van der Waals surface area contributed by atoms with Crippen LogP contribution in [-0.4, -0.2) is 76.4 Å². The fourth-order valence-corrected chi connectivity index (χ4v) is 5.42. The lowest BCUT2D eigenvalue weighted by molar-refractivity contribution is 0.519. The maximum absolute atomic E-state index is 12.4. The van der Waals surface area contributed by atoms with Gasteiger partial charge in [-0.15, -0.1) is 0 Å². The van der Waals surface area contributed by atoms with Crippen LogP contribution < -0.4 is 21.3 Å². The Hall–Kier alpha value is -2.36. The van der Waals surface area contributed by atoms with Gasteiger partial charge in [-0.05, 0) is 80.6 Å². The van der Waals surface area contributed by atoms with E-state index in [9.17, 15) is 16.8 Å². The van der Waals surface area contributed by atoms with Gasteiger partial charge in [-0.3, -0.25) is 0 Å². The molecular weight excluding hydrogens is 553 g/mol. The second kappa shape index (κ2) is 12.5. The van der Waals surface area contributed by atoms with Crippen molar-refractivity contribution in [2.75, 3.05) is 45.4 Å². The average molecular weight is 587 g/mol. The zero-order valence-corrected chi connectivity index (χ0v) is 25.2. The first kappa shape index (κ1) is 30.9. The van der Waals surface area contributed by atoms with Crippen LogP contribution in [0.4, 0.5) is 11.4 Å². The molecule has 1 atom stereocenters. The molecular formula is C23H34N6O4S4. The molecule has 0 aliphatic heterocycles. The molecule has 0 fully saturated rings. The SMILES string of the molecule is Cc1ccc(S(=O)(=O)N(C)C)cc1NC(=S)NCC(C)NC(=S)Nc1cc(S(=O)(=O)N(C)C)ccc1C. The van der Waals surface area contributed by atoms with Gasteiger partial charge in [0.15, 0.2) is 10.2 Å². The van der Waals surface area contributed by atoms with Crippen LogP contribution in [-0.2, 0) is 20.0 Å². The van der Waals surface area contributed by atoms with Gasteiger partial charge in [0.25, 0.3) is 0 Å². The highest BCUT2D eigenvalue weighted by atomic mass is 32.2. The van der Waals surface area contributed by atoms with Crippen molar-refractivity contribution in [3.8, 4) is 0 Å². The zero-order valence-electron chi connectivity index (χ0n) is 21.9. The van der Waals surface area contributed by atoms with Gasteiger partial charge in [0.2, 0.25) is 20.0 Å². The van der Waals surface area contributed by atoms with Gasteiger partial charge in [-0.25, -0.2) is 25.4 Å². The van der Waals surface area contributed by atoms with E-state index in [2.05, 4.69) is 21.3 Å². The molecule has 10 nitrogen and oxygen atoms in total. The standard InChI is InChI=1S/C23H34N6O4S4/c1-15-8-10-18(36(30,31)28(4)5)12-20(15)26-22(34)24-14-17(3)25-23(35)27-21-13-19(11-9-16(21)2)37(32,33)29(6)7/h8-13,17H,14H2,1-7H3,(H2,24,26,34)(H2,25,27,35). The summed E-state index contributed by atoms with van der Waals surface area (Å²) in [5.74, 6) is 0. The smallest absolute Gasteiger partial charge is 0.242 e. The molecule has 0 amide bonds. The van der Waals surface area contributed by atoms with Crippen molar-refractivity contribution in [1.82, 2.24) is 19.2 Å². The van der Waals surface area contributed by atoms with E-state index in [0.29, 0.717) is 28.1 Å². The summed E-state index contributed by atoms with van der Waals surface area (Å²) in [4.78, 5) is 0.329. The van der Waals surface area contributed by atoms with Crippen molar-refractivity contribution in [3.05, 3.63) is 47.5 Å². The van der Waals surface area contributed by atoms with E-state index < -0.39 is 20.0 Å². The van der Waals surface area contributed by atoms with E-state index in [-0.39, 0.29) is 15.8 Å². The first-order valence-electron chi connectivity index (χ1n) is 11.2. The summed E-state index contributed by atoms with van der Waals surface area (Å²) in [5, 5.41) is 13.0. The monoisotopic (exact) mass is 586 g/mol. The van der Waals surface area contributed by atoms with E-state index in [1.54, 1.807) is 36.4 Å². The van der Waals surface area contributed by atoms with E-state index >= 15 is 0 Å². The number of anilines is 2. The van der Waals surface area contributed by atoms with Crippen LogP contribution in [0.3, 0.4) is 0 Å². The predicted octanol–water partition coefficient (Wildman–Crippen LogP) is 2.47. The van der Waals surface area contributed by atoms with Crippen molar-refractivity contribution in [3.63, 3.8) is 0 Å². The molecule has 0 saturated heterocycles. The Morgan fingerprint density at radius 1 is 0.784 bits per heavy atom. The van der Waals surface area contributed by atoms with Crippen LogP contribution in [0, 0.1) is 13.8 Å². The Morgan fingerprint density at radius 2 is 1.19 bits per heavy atom. The van der Waals surface area contributed by atoms with Crippen molar-refractivity contribution in [1.29, 1.82) is 0 Å². The van der Waals surface area contributed by atoms with Gasteiger partial charge in [0.1, 0.15) is 0 Å². The minimum absolute atomic E-state index is 0.143. The topological polar surface area (TPSA) is 123 Å². The molecule has 0 radical (unpaired) electrons. The molecule has 0 heterocycles. The first-order valence-corrected chi connectivity index (χ1v) is 14.9. The Morgan fingerprint density at radius 3 is 1.59 bits per heavy atom. The average Bonchev–Trinajstić information content (AvgIpc) is 2.80. The highest BCUT2D eigenvalue weighted by molar-refractivity contribution is 7.89.